The van der Waals surface area contributed by atoms with Crippen LogP contribution in [0.25, 0.3) is 20.8 Å². The lowest BCUT2D eigenvalue weighted by molar-refractivity contribution is -0.114. The second-order valence-electron chi connectivity index (χ2n) is 6.48. The maximum Gasteiger partial charge on any atom is 0.221 e. The van der Waals surface area contributed by atoms with Gasteiger partial charge in [0, 0.05) is 23.7 Å². The van der Waals surface area contributed by atoms with Crippen LogP contribution in [0.5, 0.6) is 5.75 Å². The van der Waals surface area contributed by atoms with E-state index < -0.39 is 0 Å². The highest BCUT2D eigenvalue weighted by atomic mass is 32.1. The van der Waals surface area contributed by atoms with Crippen LogP contribution in [0.1, 0.15) is 17.3 Å². The van der Waals surface area contributed by atoms with Crippen LogP contribution in [0.15, 0.2) is 72.8 Å². The molecular weight excluding hydrogens is 384 g/mol. The fourth-order valence-corrected chi connectivity index (χ4v) is 3.84. The van der Waals surface area contributed by atoms with E-state index in [1.165, 1.54) is 6.92 Å². The van der Waals surface area contributed by atoms with Crippen molar-refractivity contribution in [3.8, 4) is 16.3 Å². The molecule has 144 valence electrons. The number of ether oxygens (including phenoxy) is 1. The topological polar surface area (TPSA) is 68.3 Å². The summed E-state index contributed by atoms with van der Waals surface area (Å²) >= 11 is 1.64. The van der Waals surface area contributed by atoms with Gasteiger partial charge in [0.15, 0.2) is 12.4 Å². The molecule has 0 radical (unpaired) electrons. The number of nitrogens with zero attached hydrogens (tertiary/aromatic N) is 1. The fourth-order valence-electron chi connectivity index (χ4n) is 2.86. The largest absolute Gasteiger partial charge is 0.485 e. The number of benzene rings is 3. The smallest absolute Gasteiger partial charge is 0.221 e. The van der Waals surface area contributed by atoms with Gasteiger partial charge in [0.05, 0.1) is 10.2 Å². The van der Waals surface area contributed by atoms with Gasteiger partial charge in [-0.1, -0.05) is 12.1 Å². The number of nitrogens with one attached hydrogen (secondary N) is 1. The van der Waals surface area contributed by atoms with Crippen molar-refractivity contribution in [3.63, 3.8) is 0 Å². The van der Waals surface area contributed by atoms with Gasteiger partial charge >= 0.3 is 0 Å². The standard InChI is InChI=1S/C23H18N2O3S/c1-15(26)24-18-10-6-16(7-11-18)21(27)14-28-19-12-8-17(9-13-19)23-25-20-4-2-3-5-22(20)29-23/h2-13H,14H2,1H3,(H,24,26). The van der Waals surface area contributed by atoms with Gasteiger partial charge in [-0.3, -0.25) is 9.59 Å². The number of amides is 1. The van der Waals surface area contributed by atoms with Gasteiger partial charge < -0.3 is 10.1 Å². The number of thiazole rings is 1. The van der Waals surface area contributed by atoms with Gasteiger partial charge in [-0.2, -0.15) is 0 Å². The van der Waals surface area contributed by atoms with E-state index in [9.17, 15) is 9.59 Å². The van der Waals surface area contributed by atoms with Crippen molar-refractivity contribution in [2.75, 3.05) is 11.9 Å². The van der Waals surface area contributed by atoms with Crippen molar-refractivity contribution < 1.29 is 14.3 Å². The summed E-state index contributed by atoms with van der Waals surface area (Å²) in [4.78, 5) is 28.0. The van der Waals surface area contributed by atoms with Crippen LogP contribution in [0.2, 0.25) is 0 Å². The second kappa shape index (κ2) is 8.24. The van der Waals surface area contributed by atoms with Gasteiger partial charge in [0.2, 0.25) is 5.91 Å². The third-order valence-electron chi connectivity index (χ3n) is 4.29. The normalized spacial score (nSPS) is 10.7. The molecule has 0 aliphatic carbocycles. The van der Waals surface area contributed by atoms with Crippen LogP contribution in [0.4, 0.5) is 5.69 Å². The lowest BCUT2D eigenvalue weighted by Crippen LogP contribution is -2.12. The number of ketones is 1. The molecule has 0 atom stereocenters. The number of carbonyl (C=O) groups is 2. The van der Waals surface area contributed by atoms with E-state index in [4.69, 9.17) is 4.74 Å². The third kappa shape index (κ3) is 4.50. The molecule has 4 aromatic rings. The minimum atomic E-state index is -0.151. The van der Waals surface area contributed by atoms with Crippen molar-refractivity contribution in [3.05, 3.63) is 78.4 Å². The summed E-state index contributed by atoms with van der Waals surface area (Å²) < 4.78 is 6.78. The van der Waals surface area contributed by atoms with Crippen LogP contribution >= 0.6 is 11.3 Å². The summed E-state index contributed by atoms with van der Waals surface area (Å²) in [7, 11) is 0. The van der Waals surface area contributed by atoms with Gasteiger partial charge in [0.1, 0.15) is 10.8 Å². The number of carbonyl (C=O) groups excluding carboxylic acids is 2. The Morgan fingerprint density at radius 2 is 1.69 bits per heavy atom. The van der Waals surface area contributed by atoms with E-state index in [2.05, 4.69) is 16.4 Å². The highest BCUT2D eigenvalue weighted by Gasteiger charge is 2.09. The van der Waals surface area contributed by atoms with Crippen LogP contribution in [0, 0.1) is 0 Å². The van der Waals surface area contributed by atoms with Gasteiger partial charge in [-0.25, -0.2) is 4.98 Å². The molecule has 1 N–H and O–H groups in total. The van der Waals surface area contributed by atoms with E-state index in [-0.39, 0.29) is 18.3 Å². The Hall–Kier alpha value is -3.51. The molecule has 0 aliphatic rings. The van der Waals surface area contributed by atoms with E-state index in [1.54, 1.807) is 35.6 Å². The van der Waals surface area contributed by atoms with Crippen LogP contribution < -0.4 is 10.1 Å². The van der Waals surface area contributed by atoms with Gasteiger partial charge in [-0.15, -0.1) is 11.3 Å². The molecule has 0 unspecified atom stereocenters. The van der Waals surface area contributed by atoms with Crippen molar-refractivity contribution in [1.82, 2.24) is 4.98 Å². The molecule has 4 rings (SSSR count). The van der Waals surface area contributed by atoms with E-state index in [0.29, 0.717) is 17.0 Å². The zero-order valence-electron chi connectivity index (χ0n) is 15.7. The van der Waals surface area contributed by atoms with Crippen LogP contribution in [-0.4, -0.2) is 23.3 Å². The number of aromatic nitrogens is 1. The van der Waals surface area contributed by atoms with Crippen molar-refractivity contribution in [2.24, 2.45) is 0 Å². The Bertz CT molecular complexity index is 1130. The molecule has 0 aliphatic heterocycles. The maximum atomic E-state index is 12.3. The molecule has 5 nitrogen and oxygen atoms in total. The lowest BCUT2D eigenvalue weighted by Gasteiger charge is -2.07. The van der Waals surface area contributed by atoms with Gasteiger partial charge in [-0.05, 0) is 60.7 Å². The Balaban J connectivity index is 1.38. The summed E-state index contributed by atoms with van der Waals surface area (Å²) in [5.41, 5.74) is 3.19. The Labute approximate surface area is 172 Å². The van der Waals surface area contributed by atoms with Crippen LogP contribution in [-0.2, 0) is 4.79 Å². The summed E-state index contributed by atoms with van der Waals surface area (Å²) in [6.45, 7) is 1.38. The number of anilines is 1. The molecular formula is C23H18N2O3S. The number of rotatable bonds is 6. The number of para-hydroxylation sites is 1. The van der Waals surface area contributed by atoms with Crippen molar-refractivity contribution in [1.29, 1.82) is 0 Å². The molecule has 29 heavy (non-hydrogen) atoms. The average Bonchev–Trinajstić information content (AvgIpc) is 3.17. The van der Waals surface area contributed by atoms with Crippen molar-refractivity contribution in [2.45, 2.75) is 6.92 Å². The number of fused-ring (bicyclic) bond motifs is 1. The number of hydrogen-bond acceptors (Lipinski definition) is 5. The number of hydrogen-bond donors (Lipinski definition) is 1. The average molecular weight is 402 g/mol. The fraction of sp³-hybridized carbons (Fsp3) is 0.0870. The molecule has 3 aromatic carbocycles. The molecule has 6 heteroatoms. The first-order valence-electron chi connectivity index (χ1n) is 9.08. The summed E-state index contributed by atoms with van der Waals surface area (Å²) in [5.74, 6) is 0.342. The summed E-state index contributed by atoms with van der Waals surface area (Å²) in [6, 6.07) is 22.4. The SMILES string of the molecule is CC(=O)Nc1ccc(C(=O)COc2ccc(-c3nc4ccccc4s3)cc2)cc1. The highest BCUT2D eigenvalue weighted by molar-refractivity contribution is 7.21. The zero-order chi connectivity index (χ0) is 20.2. The summed E-state index contributed by atoms with van der Waals surface area (Å²) in [6.07, 6.45) is 0. The molecule has 0 saturated carbocycles. The minimum absolute atomic E-state index is 0.0556. The number of Topliss-reactive ketones (excluding diaryl/α,β-unsaturated/α-hetero) is 1. The van der Waals surface area contributed by atoms with Crippen molar-refractivity contribution >= 4 is 38.9 Å². The molecule has 1 heterocycles. The Kier molecular flexibility index (Phi) is 5.35. The molecule has 0 bridgehead atoms. The quantitative estimate of drug-likeness (QED) is 0.451. The van der Waals surface area contributed by atoms with Gasteiger partial charge in [0.25, 0.3) is 0 Å². The Morgan fingerprint density at radius 3 is 2.38 bits per heavy atom. The van der Waals surface area contributed by atoms with Crippen LogP contribution in [0.3, 0.4) is 0 Å². The molecule has 0 saturated heterocycles. The van der Waals surface area contributed by atoms with E-state index >= 15 is 0 Å². The predicted molar refractivity (Wildman–Crippen MR) is 116 cm³/mol. The molecule has 1 amide bonds. The summed E-state index contributed by atoms with van der Waals surface area (Å²) in [5, 5.41) is 3.62. The first-order chi connectivity index (χ1) is 14.1. The highest BCUT2D eigenvalue weighted by Crippen LogP contribution is 2.30. The molecule has 0 spiro atoms. The lowest BCUT2D eigenvalue weighted by atomic mass is 10.1. The molecule has 0 fully saturated rings. The monoisotopic (exact) mass is 402 g/mol. The minimum Gasteiger partial charge on any atom is -0.485 e. The second-order valence-corrected chi connectivity index (χ2v) is 7.51. The Morgan fingerprint density at radius 1 is 0.966 bits per heavy atom. The van der Waals surface area contributed by atoms with E-state index in [0.717, 1.165) is 20.8 Å². The first kappa shape index (κ1) is 18.8. The maximum absolute atomic E-state index is 12.3. The first-order valence-corrected chi connectivity index (χ1v) is 9.90. The van der Waals surface area contributed by atoms with E-state index in [1.807, 2.05) is 42.5 Å². The third-order valence-corrected chi connectivity index (χ3v) is 5.38. The molecule has 1 aromatic heterocycles. The zero-order valence-corrected chi connectivity index (χ0v) is 16.5. The predicted octanol–water partition coefficient (Wildman–Crippen LogP) is 5.18.